The van der Waals surface area contributed by atoms with Gasteiger partial charge in [0.2, 0.25) is 0 Å². The van der Waals surface area contributed by atoms with E-state index in [1.165, 1.54) is 18.4 Å². The molecule has 0 aliphatic heterocycles. The molecule has 0 aromatic carbocycles. The smallest absolute Gasteiger partial charge is 0.310 e. The molecule has 40 heavy (non-hydrogen) atoms. The average molecular weight is 571 g/mol. The minimum absolute atomic E-state index is 0.0805. The largest absolute Gasteiger partial charge is 0.445 e. The third kappa shape index (κ3) is 6.51. The van der Waals surface area contributed by atoms with Gasteiger partial charge in [0.1, 0.15) is 5.76 Å². The summed E-state index contributed by atoms with van der Waals surface area (Å²) in [6.45, 7) is 6.62. The third-order valence-corrected chi connectivity index (χ3v) is 10.9. The van der Waals surface area contributed by atoms with E-state index in [4.69, 9.17) is 21.1 Å². The molecule has 4 aliphatic carbocycles. The quantitative estimate of drug-likeness (QED) is 0.126. The summed E-state index contributed by atoms with van der Waals surface area (Å²) in [5.41, 5.74) is 0.466. The zero-order valence-corrected chi connectivity index (χ0v) is 26.0. The molecule has 0 unspecified atom stereocenters. The van der Waals surface area contributed by atoms with Crippen molar-refractivity contribution in [3.63, 3.8) is 0 Å². The molecule has 2 fully saturated rings. The first kappa shape index (κ1) is 31.2. The molecule has 0 amide bonds. The average Bonchev–Trinajstić information content (AvgIpc) is 3.27. The number of ether oxygens (including phenoxy) is 2. The van der Waals surface area contributed by atoms with Crippen molar-refractivity contribution < 1.29 is 19.1 Å². The lowest BCUT2D eigenvalue weighted by Crippen LogP contribution is -2.54. The number of esters is 2. The van der Waals surface area contributed by atoms with E-state index in [0.29, 0.717) is 36.5 Å². The summed E-state index contributed by atoms with van der Waals surface area (Å²) in [6, 6.07) is 0. The van der Waals surface area contributed by atoms with Crippen LogP contribution in [0.2, 0.25) is 0 Å². The highest BCUT2D eigenvalue weighted by atomic mass is 35.5. The van der Waals surface area contributed by atoms with Crippen LogP contribution in [0.15, 0.2) is 23.5 Å². The van der Waals surface area contributed by atoms with E-state index in [9.17, 15) is 9.59 Å². The minimum Gasteiger partial charge on any atom is -0.445 e. The summed E-state index contributed by atoms with van der Waals surface area (Å²) in [5.74, 6) is 6.13. The van der Waals surface area contributed by atoms with Gasteiger partial charge < -0.3 is 9.47 Å². The third-order valence-electron chi connectivity index (χ3n) is 10.8. The van der Waals surface area contributed by atoms with Crippen molar-refractivity contribution in [3.05, 3.63) is 23.5 Å². The molecule has 222 valence electrons. The molecular formula is C35H51ClO4. The summed E-state index contributed by atoms with van der Waals surface area (Å²) in [5, 5.41) is 2.66. The van der Waals surface area contributed by atoms with Crippen LogP contribution in [0.3, 0.4) is 0 Å². The molecule has 4 rings (SSSR count). The van der Waals surface area contributed by atoms with Gasteiger partial charge in [-0.05, 0) is 111 Å². The Bertz CT molecular complexity index is 1020. The minimum atomic E-state index is -0.768. The molecule has 4 nitrogen and oxygen atoms in total. The molecule has 0 heterocycles. The molecule has 0 saturated heterocycles. The van der Waals surface area contributed by atoms with Crippen LogP contribution in [0, 0.1) is 40.4 Å². The molecule has 0 bridgehead atoms. The second kappa shape index (κ2) is 14.4. The topological polar surface area (TPSA) is 52.6 Å². The highest BCUT2D eigenvalue weighted by Gasteiger charge is 2.65. The molecule has 5 heteroatoms. The molecule has 0 aromatic rings. The highest BCUT2D eigenvalue weighted by Crippen LogP contribution is 2.66. The Hall–Kier alpha value is -1.73. The number of halogens is 1. The summed E-state index contributed by atoms with van der Waals surface area (Å²) < 4.78 is 12.2. The first-order chi connectivity index (χ1) is 19.4. The molecule has 6 atom stereocenters. The lowest BCUT2D eigenvalue weighted by atomic mass is 9.50. The van der Waals surface area contributed by atoms with Crippen molar-refractivity contribution in [2.24, 2.45) is 29.1 Å². The zero-order valence-electron chi connectivity index (χ0n) is 25.2. The molecular weight excluding hydrogens is 520 g/mol. The second-order valence-corrected chi connectivity index (χ2v) is 13.0. The Labute approximate surface area is 248 Å². The molecule has 0 radical (unpaired) electrons. The van der Waals surface area contributed by atoms with Gasteiger partial charge in [-0.2, -0.15) is 0 Å². The van der Waals surface area contributed by atoms with Gasteiger partial charge in [-0.15, -0.1) is 0 Å². The van der Waals surface area contributed by atoms with Crippen molar-refractivity contribution in [1.29, 1.82) is 0 Å². The van der Waals surface area contributed by atoms with E-state index >= 15 is 0 Å². The van der Waals surface area contributed by atoms with Crippen LogP contribution in [0.4, 0.5) is 0 Å². The van der Waals surface area contributed by atoms with Gasteiger partial charge in [0.15, 0.2) is 5.60 Å². The Morgan fingerprint density at radius 1 is 0.925 bits per heavy atom. The van der Waals surface area contributed by atoms with E-state index in [0.717, 1.165) is 95.7 Å². The molecule has 0 N–H and O–H groups in total. The van der Waals surface area contributed by atoms with Crippen molar-refractivity contribution in [3.8, 4) is 11.3 Å². The first-order valence-corrected chi connectivity index (χ1v) is 16.8. The van der Waals surface area contributed by atoms with Crippen LogP contribution in [0.1, 0.15) is 136 Å². The number of unbranched alkanes of at least 4 members (excludes halogenated alkanes) is 6. The standard InChI is InChI=1S/C35H51ClO4/c1-4-7-9-11-13-32(37)39-27-16-18-28-26(25-27)15-17-30-29(28)19-21-34(6-3)31(30)20-22-35(34,23-24-36)40-33(38)14-12-10-8-5-2/h15,25,28-31H,4-14,16-22H2,1-3H3/t28-,29+,30+,31-,34-,35+/m0/s1. The lowest BCUT2D eigenvalue weighted by Gasteiger charge is -2.55. The summed E-state index contributed by atoms with van der Waals surface area (Å²) in [6.07, 6.45) is 22.0. The number of fused-ring (bicyclic) bond motifs is 5. The number of hydrogen-bond donors (Lipinski definition) is 0. The monoisotopic (exact) mass is 570 g/mol. The van der Waals surface area contributed by atoms with E-state index < -0.39 is 5.60 Å². The maximum atomic E-state index is 13.1. The van der Waals surface area contributed by atoms with Gasteiger partial charge in [0.05, 0.1) is 0 Å². The van der Waals surface area contributed by atoms with Crippen molar-refractivity contribution in [2.45, 2.75) is 142 Å². The predicted octanol–water partition coefficient (Wildman–Crippen LogP) is 9.41. The first-order valence-electron chi connectivity index (χ1n) is 16.4. The van der Waals surface area contributed by atoms with Gasteiger partial charge in [-0.1, -0.05) is 65.4 Å². The summed E-state index contributed by atoms with van der Waals surface area (Å²) in [4.78, 5) is 25.5. The lowest BCUT2D eigenvalue weighted by molar-refractivity contribution is -0.172. The SMILES string of the molecule is CCCCCCC(=O)OC1=CC2=CC[C@@H]3[C@H](CC[C@@]4(CC)[C@H]3CC[C@]4(C#CCl)OC(=O)CCCCCC)[C@H]2CC1. The Morgan fingerprint density at radius 3 is 2.33 bits per heavy atom. The van der Waals surface area contributed by atoms with E-state index in [1.807, 2.05) is 0 Å². The van der Waals surface area contributed by atoms with E-state index in [-0.39, 0.29) is 17.4 Å². The number of rotatable bonds is 13. The van der Waals surface area contributed by atoms with Crippen LogP contribution in [-0.4, -0.2) is 17.5 Å². The normalized spacial score (nSPS) is 32.4. The van der Waals surface area contributed by atoms with Crippen molar-refractivity contribution in [2.75, 3.05) is 0 Å². The molecule has 4 aliphatic rings. The molecule has 0 aromatic heterocycles. The molecule has 2 saturated carbocycles. The Kier molecular flexibility index (Phi) is 11.3. The van der Waals surface area contributed by atoms with Crippen LogP contribution >= 0.6 is 11.6 Å². The number of allylic oxidation sites excluding steroid dienone is 4. The fraction of sp³-hybridized carbons (Fsp3) is 0.771. The fourth-order valence-electron chi connectivity index (χ4n) is 8.82. The second-order valence-electron chi connectivity index (χ2n) is 12.8. The van der Waals surface area contributed by atoms with E-state index in [1.54, 1.807) is 0 Å². The predicted molar refractivity (Wildman–Crippen MR) is 161 cm³/mol. The van der Waals surface area contributed by atoms with Gasteiger partial charge in [0, 0.05) is 30.1 Å². The van der Waals surface area contributed by atoms with Crippen LogP contribution in [0.25, 0.3) is 0 Å². The van der Waals surface area contributed by atoms with Gasteiger partial charge in [-0.3, -0.25) is 9.59 Å². The molecule has 0 spiro atoms. The number of hydrogen-bond acceptors (Lipinski definition) is 4. The van der Waals surface area contributed by atoms with Gasteiger partial charge in [-0.25, -0.2) is 0 Å². The maximum Gasteiger partial charge on any atom is 0.310 e. The zero-order chi connectivity index (χ0) is 28.6. The summed E-state index contributed by atoms with van der Waals surface area (Å²) in [7, 11) is 0. The van der Waals surface area contributed by atoms with Crippen LogP contribution < -0.4 is 0 Å². The number of carbonyl (C=O) groups is 2. The van der Waals surface area contributed by atoms with Crippen molar-refractivity contribution in [1.82, 2.24) is 0 Å². The fourth-order valence-corrected chi connectivity index (χ4v) is 8.98. The van der Waals surface area contributed by atoms with Gasteiger partial charge in [0.25, 0.3) is 0 Å². The Morgan fingerprint density at radius 2 is 1.65 bits per heavy atom. The summed E-state index contributed by atoms with van der Waals surface area (Å²) >= 11 is 6.07. The maximum absolute atomic E-state index is 13.1. The van der Waals surface area contributed by atoms with Crippen LogP contribution in [-0.2, 0) is 19.1 Å². The van der Waals surface area contributed by atoms with E-state index in [2.05, 4.69) is 44.2 Å². The highest BCUT2D eigenvalue weighted by molar-refractivity contribution is 6.30. The van der Waals surface area contributed by atoms with Gasteiger partial charge >= 0.3 is 11.9 Å². The van der Waals surface area contributed by atoms with Crippen LogP contribution in [0.5, 0.6) is 0 Å². The number of carbonyl (C=O) groups excluding carboxylic acids is 2. The van der Waals surface area contributed by atoms with Crippen molar-refractivity contribution >= 4 is 23.5 Å². The Balaban J connectivity index is 1.46.